The molecule has 2 heterocycles. The van der Waals surface area contributed by atoms with E-state index in [0.717, 1.165) is 37.1 Å². The standard InChI is InChI=1S/C14H19N5O/c1-9-4-5-10(7-12(9)20)13-16-14(18-17-13)19-6-2-3-11(15)8-19/h4-5,7,11,20H,2-3,6,8,15H2,1H3,(H,16,17,18). The minimum atomic E-state index is 0.189. The maximum absolute atomic E-state index is 9.76. The summed E-state index contributed by atoms with van der Waals surface area (Å²) in [6.45, 7) is 3.58. The van der Waals surface area contributed by atoms with Crippen LogP contribution in [0.3, 0.4) is 0 Å². The number of nitrogens with zero attached hydrogens (tertiary/aromatic N) is 3. The van der Waals surface area contributed by atoms with Crippen molar-refractivity contribution in [2.24, 2.45) is 5.73 Å². The van der Waals surface area contributed by atoms with Crippen LogP contribution in [-0.4, -0.2) is 39.4 Å². The number of nitrogens with one attached hydrogen (secondary N) is 1. The molecular formula is C14H19N5O. The number of aryl methyl sites for hydroxylation is 1. The Balaban J connectivity index is 1.84. The normalized spacial score (nSPS) is 19.3. The van der Waals surface area contributed by atoms with E-state index in [9.17, 15) is 5.11 Å². The van der Waals surface area contributed by atoms with E-state index in [1.165, 1.54) is 0 Å². The Labute approximate surface area is 117 Å². The van der Waals surface area contributed by atoms with Gasteiger partial charge in [-0.1, -0.05) is 12.1 Å². The zero-order valence-corrected chi connectivity index (χ0v) is 11.5. The average molecular weight is 273 g/mol. The molecule has 0 spiro atoms. The minimum absolute atomic E-state index is 0.189. The largest absolute Gasteiger partial charge is 0.508 e. The van der Waals surface area contributed by atoms with E-state index in [-0.39, 0.29) is 11.8 Å². The summed E-state index contributed by atoms with van der Waals surface area (Å²) >= 11 is 0. The summed E-state index contributed by atoms with van der Waals surface area (Å²) < 4.78 is 0. The number of hydrogen-bond acceptors (Lipinski definition) is 5. The van der Waals surface area contributed by atoms with Crippen molar-refractivity contribution in [3.8, 4) is 17.1 Å². The van der Waals surface area contributed by atoms with Gasteiger partial charge >= 0.3 is 0 Å². The lowest BCUT2D eigenvalue weighted by Crippen LogP contribution is -2.43. The summed E-state index contributed by atoms with van der Waals surface area (Å²) in [4.78, 5) is 6.60. The van der Waals surface area contributed by atoms with E-state index in [2.05, 4.69) is 20.1 Å². The summed E-state index contributed by atoms with van der Waals surface area (Å²) in [6, 6.07) is 5.67. The maximum atomic E-state index is 9.76. The van der Waals surface area contributed by atoms with Gasteiger partial charge in [0.2, 0.25) is 5.95 Å². The van der Waals surface area contributed by atoms with Crippen molar-refractivity contribution in [1.82, 2.24) is 15.2 Å². The molecule has 0 bridgehead atoms. The highest BCUT2D eigenvalue weighted by molar-refractivity contribution is 5.60. The third-order valence-electron chi connectivity index (χ3n) is 3.70. The summed E-state index contributed by atoms with van der Waals surface area (Å²) in [7, 11) is 0. The molecule has 1 aromatic heterocycles. The molecule has 1 aromatic carbocycles. The maximum Gasteiger partial charge on any atom is 0.245 e. The van der Waals surface area contributed by atoms with Crippen LogP contribution in [0.15, 0.2) is 18.2 Å². The first-order valence-electron chi connectivity index (χ1n) is 6.86. The van der Waals surface area contributed by atoms with E-state index < -0.39 is 0 Å². The lowest BCUT2D eigenvalue weighted by Gasteiger charge is -2.29. The van der Waals surface area contributed by atoms with E-state index in [1.54, 1.807) is 6.07 Å². The Bertz CT molecular complexity index is 609. The Morgan fingerprint density at radius 2 is 2.30 bits per heavy atom. The number of anilines is 1. The number of nitrogens with two attached hydrogens (primary N) is 1. The molecule has 2 aromatic rings. The second-order valence-corrected chi connectivity index (χ2v) is 5.33. The van der Waals surface area contributed by atoms with E-state index in [0.29, 0.717) is 11.8 Å². The fraction of sp³-hybridized carbons (Fsp3) is 0.429. The van der Waals surface area contributed by atoms with Crippen molar-refractivity contribution in [2.45, 2.75) is 25.8 Å². The number of phenolic OH excluding ortho intramolecular Hbond substituents is 1. The van der Waals surface area contributed by atoms with Crippen LogP contribution in [0, 0.1) is 6.92 Å². The number of phenols is 1. The van der Waals surface area contributed by atoms with Crippen LogP contribution in [0.5, 0.6) is 5.75 Å². The monoisotopic (exact) mass is 273 g/mol. The number of piperidine rings is 1. The van der Waals surface area contributed by atoms with Gasteiger partial charge in [-0.25, -0.2) is 0 Å². The van der Waals surface area contributed by atoms with E-state index >= 15 is 0 Å². The number of aromatic hydroxyl groups is 1. The third kappa shape index (κ3) is 2.46. The van der Waals surface area contributed by atoms with Crippen molar-refractivity contribution in [2.75, 3.05) is 18.0 Å². The number of rotatable bonds is 2. The van der Waals surface area contributed by atoms with Crippen molar-refractivity contribution >= 4 is 5.95 Å². The topological polar surface area (TPSA) is 91.1 Å². The van der Waals surface area contributed by atoms with Gasteiger partial charge in [-0.3, -0.25) is 5.10 Å². The van der Waals surface area contributed by atoms with Crippen LogP contribution in [0.4, 0.5) is 5.95 Å². The summed E-state index contributed by atoms with van der Waals surface area (Å²) in [6.07, 6.45) is 2.12. The summed E-state index contributed by atoms with van der Waals surface area (Å²) in [5, 5.41) is 16.9. The molecule has 1 aliphatic rings. The van der Waals surface area contributed by atoms with Crippen LogP contribution < -0.4 is 10.6 Å². The van der Waals surface area contributed by atoms with Gasteiger partial charge in [0.05, 0.1) is 0 Å². The fourth-order valence-corrected chi connectivity index (χ4v) is 2.47. The summed E-state index contributed by atoms with van der Waals surface area (Å²) in [5.74, 6) is 1.60. The van der Waals surface area contributed by atoms with Crippen LogP contribution >= 0.6 is 0 Å². The molecule has 20 heavy (non-hydrogen) atoms. The van der Waals surface area contributed by atoms with E-state index in [4.69, 9.17) is 5.73 Å². The second kappa shape index (κ2) is 5.13. The van der Waals surface area contributed by atoms with Gasteiger partial charge in [-0.05, 0) is 31.4 Å². The molecule has 1 unspecified atom stereocenters. The van der Waals surface area contributed by atoms with Gasteiger partial charge < -0.3 is 15.7 Å². The molecule has 6 nitrogen and oxygen atoms in total. The van der Waals surface area contributed by atoms with Crippen LogP contribution in [0.25, 0.3) is 11.4 Å². The molecule has 0 aliphatic carbocycles. The molecule has 3 rings (SSSR count). The molecule has 1 aliphatic heterocycles. The lowest BCUT2D eigenvalue weighted by atomic mass is 10.1. The van der Waals surface area contributed by atoms with Gasteiger partial charge in [-0.2, -0.15) is 4.98 Å². The molecule has 0 amide bonds. The smallest absolute Gasteiger partial charge is 0.245 e. The predicted molar refractivity (Wildman–Crippen MR) is 77.6 cm³/mol. The van der Waals surface area contributed by atoms with Crippen LogP contribution in [0.2, 0.25) is 0 Å². The van der Waals surface area contributed by atoms with Gasteiger partial charge in [0.1, 0.15) is 5.75 Å². The zero-order chi connectivity index (χ0) is 14.1. The van der Waals surface area contributed by atoms with Gasteiger partial charge in [0.25, 0.3) is 0 Å². The molecule has 4 N–H and O–H groups in total. The number of aromatic amines is 1. The number of aromatic nitrogens is 3. The second-order valence-electron chi connectivity index (χ2n) is 5.33. The molecule has 6 heteroatoms. The Hall–Kier alpha value is -2.08. The Morgan fingerprint density at radius 3 is 3.05 bits per heavy atom. The predicted octanol–water partition coefficient (Wildman–Crippen LogP) is 1.41. The number of benzene rings is 1. The molecule has 0 saturated carbocycles. The van der Waals surface area contributed by atoms with Crippen molar-refractivity contribution in [1.29, 1.82) is 0 Å². The molecule has 106 valence electrons. The highest BCUT2D eigenvalue weighted by atomic mass is 16.3. The molecular weight excluding hydrogens is 254 g/mol. The van der Waals surface area contributed by atoms with Crippen LogP contribution in [-0.2, 0) is 0 Å². The molecule has 0 radical (unpaired) electrons. The minimum Gasteiger partial charge on any atom is -0.508 e. The van der Waals surface area contributed by atoms with E-state index in [1.807, 2.05) is 19.1 Å². The van der Waals surface area contributed by atoms with Crippen molar-refractivity contribution < 1.29 is 5.11 Å². The number of hydrogen-bond donors (Lipinski definition) is 3. The molecule has 1 fully saturated rings. The first-order chi connectivity index (χ1) is 9.63. The lowest BCUT2D eigenvalue weighted by molar-refractivity contribution is 0.471. The Morgan fingerprint density at radius 1 is 1.45 bits per heavy atom. The average Bonchev–Trinajstić information content (AvgIpc) is 2.92. The van der Waals surface area contributed by atoms with Gasteiger partial charge in [-0.15, -0.1) is 5.10 Å². The quantitative estimate of drug-likeness (QED) is 0.769. The highest BCUT2D eigenvalue weighted by Gasteiger charge is 2.20. The SMILES string of the molecule is Cc1ccc(-c2nc(N3CCCC(N)C3)n[nH]2)cc1O. The highest BCUT2D eigenvalue weighted by Crippen LogP contribution is 2.25. The summed E-state index contributed by atoms with van der Waals surface area (Å²) in [5.41, 5.74) is 7.65. The zero-order valence-electron chi connectivity index (χ0n) is 11.5. The van der Waals surface area contributed by atoms with Gasteiger partial charge in [0.15, 0.2) is 5.82 Å². The molecule has 1 atom stereocenters. The Kier molecular flexibility index (Phi) is 3.31. The third-order valence-corrected chi connectivity index (χ3v) is 3.70. The first kappa shape index (κ1) is 12.9. The van der Waals surface area contributed by atoms with Crippen LogP contribution in [0.1, 0.15) is 18.4 Å². The van der Waals surface area contributed by atoms with Gasteiger partial charge in [0, 0.05) is 24.7 Å². The van der Waals surface area contributed by atoms with Crippen molar-refractivity contribution in [3.05, 3.63) is 23.8 Å². The fourth-order valence-electron chi connectivity index (χ4n) is 2.47. The molecule has 1 saturated heterocycles. The first-order valence-corrected chi connectivity index (χ1v) is 6.86. The number of H-pyrrole nitrogens is 1. The van der Waals surface area contributed by atoms with Crippen molar-refractivity contribution in [3.63, 3.8) is 0 Å².